The Labute approximate surface area is 169 Å². The molecule has 3 radical (unpaired) electrons. The molecule has 0 saturated heterocycles. The molecule has 0 aliphatic rings. The number of rotatable bonds is 6. The van der Waals surface area contributed by atoms with Crippen molar-refractivity contribution >= 4 is 78.4 Å². The van der Waals surface area contributed by atoms with Gasteiger partial charge in [0.2, 0.25) is 0 Å². The third-order valence-electron chi connectivity index (χ3n) is 1.99. The maximum atomic E-state index is 5.67. The molecule has 2 aromatic carbocycles. The molecule has 0 unspecified atom stereocenters. The summed E-state index contributed by atoms with van der Waals surface area (Å²) in [5, 5.41) is 0. The van der Waals surface area contributed by atoms with E-state index in [1.165, 1.54) is 0 Å². The molecule has 0 amide bonds. The largest absolute Gasteiger partial charge is 0.794 e. The van der Waals surface area contributed by atoms with Crippen molar-refractivity contribution in [2.75, 3.05) is 11.5 Å². The number of hydrogen-bond acceptors (Lipinski definition) is 5. The molecule has 8 heteroatoms. The molecule has 0 aromatic heterocycles. The number of para-hydroxylation sites is 2. The van der Waals surface area contributed by atoms with E-state index in [0.717, 1.165) is 32.9 Å². The van der Waals surface area contributed by atoms with Gasteiger partial charge in [0, 0.05) is 24.4 Å². The van der Waals surface area contributed by atoms with Crippen LogP contribution in [0.3, 0.4) is 0 Å². The summed E-state index contributed by atoms with van der Waals surface area (Å²) < 4.78 is 11.3. The zero-order chi connectivity index (χ0) is 15.3. The Morgan fingerprint density at radius 1 is 0.818 bits per heavy atom. The van der Waals surface area contributed by atoms with Gasteiger partial charge in [-0.05, 0) is 24.3 Å². The van der Waals surface area contributed by atoms with Crippen LogP contribution in [0.5, 0.6) is 11.5 Å². The summed E-state index contributed by atoms with van der Waals surface area (Å²) in [6.45, 7) is 0. The van der Waals surface area contributed by atoms with E-state index in [-0.39, 0.29) is 24.4 Å². The molecule has 0 fully saturated rings. The standard InChI is InChI=1S/C12H10O2PS2.C2H6S2.Sb/c16-17-15(13-11-7-3-1-4-8-11)14-12-9-5-2-6-10-12;3-1-2-4;/h1-10H;3-4H,1-2H2;/q+1;;/p-2. The van der Waals surface area contributed by atoms with Gasteiger partial charge < -0.3 is 34.3 Å². The Hall–Kier alpha value is 0.428. The van der Waals surface area contributed by atoms with Crippen LogP contribution in [0.2, 0.25) is 0 Å². The average molecular weight is 495 g/mol. The average Bonchev–Trinajstić information content (AvgIpc) is 2.56. The molecule has 2 nitrogen and oxygen atoms in total. The molecule has 0 bridgehead atoms. The van der Waals surface area contributed by atoms with Gasteiger partial charge in [-0.2, -0.15) is 11.5 Å². The summed E-state index contributed by atoms with van der Waals surface area (Å²) in [7, 11) is -0.0162. The molecule has 2 rings (SSSR count). The third kappa shape index (κ3) is 10.2. The second-order valence-corrected chi connectivity index (χ2v) is 7.98. The molecule has 0 aliphatic heterocycles. The van der Waals surface area contributed by atoms with Crippen molar-refractivity contribution in [1.29, 1.82) is 0 Å². The zero-order valence-electron chi connectivity index (χ0n) is 11.5. The van der Waals surface area contributed by atoms with Crippen molar-refractivity contribution in [3.63, 3.8) is 0 Å². The molecular weight excluding hydrogens is 481 g/mol. The Morgan fingerprint density at radius 3 is 1.45 bits per heavy atom. The quantitative estimate of drug-likeness (QED) is 0.263. The van der Waals surface area contributed by atoms with E-state index in [1.54, 1.807) is 0 Å². The minimum atomic E-state index is -1.18. The smallest absolute Gasteiger partial charge is 0.653 e. The molecule has 117 valence electrons. The van der Waals surface area contributed by atoms with Crippen molar-refractivity contribution in [3.8, 4) is 11.5 Å². The van der Waals surface area contributed by atoms with Crippen LogP contribution in [0, 0.1) is 0 Å². The summed E-state index contributed by atoms with van der Waals surface area (Å²) in [5.41, 5.74) is 0. The summed E-state index contributed by atoms with van der Waals surface area (Å²) in [4.78, 5) is 0. The van der Waals surface area contributed by atoms with Gasteiger partial charge in [-0.1, -0.05) is 36.4 Å². The van der Waals surface area contributed by atoms with E-state index in [4.69, 9.17) is 20.2 Å². The normalized spacial score (nSPS) is 9.05. The topological polar surface area (TPSA) is 18.5 Å². The first-order chi connectivity index (χ1) is 10.3. The van der Waals surface area contributed by atoms with Crippen molar-refractivity contribution in [2.24, 2.45) is 0 Å². The van der Waals surface area contributed by atoms with Gasteiger partial charge in [0.05, 0.1) is 0 Å². The Balaban J connectivity index is 0.000000791. The Kier molecular flexibility index (Phi) is 15.3. The van der Waals surface area contributed by atoms with Gasteiger partial charge in [0.25, 0.3) is 11.2 Å². The maximum Gasteiger partial charge on any atom is 0.653 e. The van der Waals surface area contributed by atoms with Crippen molar-refractivity contribution in [3.05, 3.63) is 60.7 Å². The predicted octanol–water partition coefficient (Wildman–Crippen LogP) is 3.62. The minimum absolute atomic E-state index is 0. The molecule has 0 saturated carbocycles. The van der Waals surface area contributed by atoms with Crippen LogP contribution in [0.25, 0.3) is 0 Å². The fourth-order valence-corrected chi connectivity index (χ4v) is 3.12. The van der Waals surface area contributed by atoms with Gasteiger partial charge in [-0.3, -0.25) is 0 Å². The summed E-state index contributed by atoms with van der Waals surface area (Å²) in [6.07, 6.45) is 0. The molecular formula is C14H14O2PS4Sb-. The third-order valence-corrected chi connectivity index (χ3v) is 5.41. The van der Waals surface area contributed by atoms with E-state index in [1.807, 2.05) is 60.7 Å². The molecule has 0 atom stereocenters. The van der Waals surface area contributed by atoms with Gasteiger partial charge >= 0.3 is 17.5 Å². The van der Waals surface area contributed by atoms with E-state index in [9.17, 15) is 0 Å². The van der Waals surface area contributed by atoms with Crippen LogP contribution < -0.4 is 9.05 Å². The first-order valence-corrected chi connectivity index (χ1v) is 10.7. The number of hydrogen-bond donors (Lipinski definition) is 0. The monoisotopic (exact) mass is 494 g/mol. The molecule has 0 N–H and O–H groups in total. The van der Waals surface area contributed by atoms with E-state index in [2.05, 4.69) is 25.3 Å². The van der Waals surface area contributed by atoms with Crippen LogP contribution in [-0.2, 0) is 46.4 Å². The van der Waals surface area contributed by atoms with Crippen molar-refractivity contribution < 1.29 is 9.05 Å². The molecule has 0 aliphatic carbocycles. The van der Waals surface area contributed by atoms with Gasteiger partial charge in [-0.15, -0.1) is 0 Å². The predicted molar refractivity (Wildman–Crippen MR) is 106 cm³/mol. The van der Waals surface area contributed by atoms with Gasteiger partial charge in [-0.25, -0.2) is 0 Å². The van der Waals surface area contributed by atoms with E-state index < -0.39 is 7.58 Å². The number of benzene rings is 2. The first kappa shape index (κ1) is 22.4. The second kappa shape index (κ2) is 15.0. The Morgan fingerprint density at radius 2 is 1.18 bits per heavy atom. The van der Waals surface area contributed by atoms with Crippen LogP contribution >= 0.6 is 7.58 Å². The molecule has 0 heterocycles. The van der Waals surface area contributed by atoms with Crippen LogP contribution in [0.1, 0.15) is 0 Å². The first-order valence-electron chi connectivity index (χ1n) is 6.02. The van der Waals surface area contributed by atoms with Crippen LogP contribution in [0.15, 0.2) is 60.7 Å². The zero-order valence-corrected chi connectivity index (χ0v) is 18.2. The second-order valence-electron chi connectivity index (χ2n) is 3.52. The Bertz CT molecular complexity index is 461. The minimum Gasteiger partial charge on any atom is -0.794 e. The van der Waals surface area contributed by atoms with Crippen molar-refractivity contribution in [2.45, 2.75) is 0 Å². The SMILES string of the molecule is S=[S+]P(Oc1ccccc1)Oc1ccccc1.[S-]CC[S-].[Sb]. The maximum absolute atomic E-state index is 5.67. The van der Waals surface area contributed by atoms with Crippen LogP contribution in [-0.4, -0.2) is 35.9 Å². The van der Waals surface area contributed by atoms with Gasteiger partial charge in [0.1, 0.15) is 11.5 Å². The van der Waals surface area contributed by atoms with Gasteiger partial charge in [0.15, 0.2) is 0 Å². The fraction of sp³-hybridized carbons (Fsp3) is 0.143. The summed E-state index contributed by atoms with van der Waals surface area (Å²) in [5.74, 6) is 2.98. The fourth-order valence-electron chi connectivity index (χ4n) is 1.18. The van der Waals surface area contributed by atoms with Crippen molar-refractivity contribution in [1.82, 2.24) is 0 Å². The molecule has 2 aromatic rings. The molecule has 0 spiro atoms. The molecule has 22 heavy (non-hydrogen) atoms. The van der Waals surface area contributed by atoms with E-state index in [0.29, 0.717) is 0 Å². The summed E-state index contributed by atoms with van der Waals surface area (Å²) >= 11 is 13.9. The van der Waals surface area contributed by atoms with E-state index >= 15 is 0 Å². The summed E-state index contributed by atoms with van der Waals surface area (Å²) in [6, 6.07) is 19.1. The van der Waals surface area contributed by atoms with Crippen LogP contribution in [0.4, 0.5) is 0 Å².